The monoisotopic (exact) mass is 463 g/mol. The summed E-state index contributed by atoms with van der Waals surface area (Å²) >= 11 is 1.91. The smallest absolute Gasteiger partial charge is 0.137 e. The quantitative estimate of drug-likeness (QED) is 0.375. The number of hydrogen-bond donors (Lipinski definition) is 1. The number of nitrogens with zero attached hydrogens (tertiary/aromatic N) is 1. The fourth-order valence-corrected chi connectivity index (χ4v) is 7.02. The molecule has 172 valence electrons. The minimum absolute atomic E-state index is 0.291. The fourth-order valence-electron chi connectivity index (χ4n) is 5.81. The Morgan fingerprint density at radius 3 is 2.67 bits per heavy atom. The molecule has 2 fully saturated rings. The van der Waals surface area contributed by atoms with E-state index in [2.05, 4.69) is 23.1 Å². The molecule has 3 atom stereocenters. The molecule has 0 saturated carbocycles. The van der Waals surface area contributed by atoms with Crippen LogP contribution in [0.5, 0.6) is 11.5 Å². The average Bonchev–Trinajstić information content (AvgIpc) is 3.53. The minimum Gasteiger partial charge on any atom is -0.496 e. The molecule has 2 aromatic carbocycles. The van der Waals surface area contributed by atoms with Gasteiger partial charge in [-0.15, -0.1) is 11.3 Å². The van der Waals surface area contributed by atoms with Gasteiger partial charge in [0.15, 0.2) is 0 Å². The first-order chi connectivity index (χ1) is 16.2. The third-order valence-electron chi connectivity index (χ3n) is 7.36. The highest BCUT2D eigenvalue weighted by Gasteiger charge is 2.42. The molecular formula is C27H29NO4S. The molecule has 4 heterocycles. The zero-order valence-corrected chi connectivity index (χ0v) is 19.6. The molecule has 6 heteroatoms. The van der Waals surface area contributed by atoms with E-state index in [0.29, 0.717) is 31.2 Å². The van der Waals surface area contributed by atoms with Gasteiger partial charge in [-0.1, -0.05) is 12.1 Å². The van der Waals surface area contributed by atoms with E-state index >= 15 is 0 Å². The largest absolute Gasteiger partial charge is 0.496 e. The number of ether oxygens (including phenoxy) is 2. The highest BCUT2D eigenvalue weighted by molar-refractivity contribution is 7.19. The van der Waals surface area contributed by atoms with Crippen LogP contribution in [-0.2, 0) is 0 Å². The van der Waals surface area contributed by atoms with E-state index in [1.807, 2.05) is 41.7 Å². The highest BCUT2D eigenvalue weighted by Crippen LogP contribution is 2.46. The van der Waals surface area contributed by atoms with Crippen molar-refractivity contribution in [2.24, 2.45) is 0 Å². The molecule has 0 radical (unpaired) electrons. The molecule has 2 aromatic heterocycles. The lowest BCUT2D eigenvalue weighted by Crippen LogP contribution is -2.47. The molecule has 2 saturated heterocycles. The van der Waals surface area contributed by atoms with Crippen molar-refractivity contribution in [1.29, 1.82) is 0 Å². The molecule has 33 heavy (non-hydrogen) atoms. The van der Waals surface area contributed by atoms with E-state index in [-0.39, 0.29) is 0 Å². The van der Waals surface area contributed by atoms with Gasteiger partial charge in [-0.2, -0.15) is 0 Å². The molecule has 2 aliphatic heterocycles. The molecule has 1 N–H and O–H groups in total. The lowest BCUT2D eigenvalue weighted by molar-refractivity contribution is 0.0323. The molecule has 5 nitrogen and oxygen atoms in total. The summed E-state index contributed by atoms with van der Waals surface area (Å²) in [7, 11) is 1.75. The number of fused-ring (bicyclic) bond motifs is 4. The zero-order valence-electron chi connectivity index (χ0n) is 18.8. The molecule has 0 aliphatic carbocycles. The summed E-state index contributed by atoms with van der Waals surface area (Å²) in [5.41, 5.74) is 0.806. The minimum atomic E-state index is -0.514. The van der Waals surface area contributed by atoms with Gasteiger partial charge in [0, 0.05) is 33.6 Å². The predicted molar refractivity (Wildman–Crippen MR) is 132 cm³/mol. The van der Waals surface area contributed by atoms with Crippen LogP contribution in [0.4, 0.5) is 0 Å². The second-order valence-corrected chi connectivity index (χ2v) is 10.4. The van der Waals surface area contributed by atoms with Gasteiger partial charge >= 0.3 is 0 Å². The molecular weight excluding hydrogens is 434 g/mol. The molecule has 0 spiro atoms. The molecule has 4 aromatic rings. The first-order valence-corrected chi connectivity index (χ1v) is 12.6. The topological polar surface area (TPSA) is 55.1 Å². The zero-order chi connectivity index (χ0) is 22.4. The van der Waals surface area contributed by atoms with Crippen LogP contribution in [0.1, 0.15) is 36.5 Å². The van der Waals surface area contributed by atoms with Crippen molar-refractivity contribution in [2.45, 2.75) is 49.8 Å². The predicted octanol–water partition coefficient (Wildman–Crippen LogP) is 5.81. The summed E-state index contributed by atoms with van der Waals surface area (Å²) in [6, 6.07) is 17.4. The van der Waals surface area contributed by atoms with Crippen LogP contribution in [0.2, 0.25) is 0 Å². The lowest BCUT2D eigenvalue weighted by atomic mass is 9.89. The molecule has 0 amide bonds. The van der Waals surface area contributed by atoms with Crippen molar-refractivity contribution in [2.75, 3.05) is 20.3 Å². The third kappa shape index (κ3) is 3.90. The highest BCUT2D eigenvalue weighted by atomic mass is 32.1. The van der Waals surface area contributed by atoms with E-state index in [9.17, 15) is 5.11 Å². The van der Waals surface area contributed by atoms with E-state index in [1.165, 1.54) is 27.8 Å². The summed E-state index contributed by atoms with van der Waals surface area (Å²) in [6.45, 7) is 0.962. The van der Waals surface area contributed by atoms with Crippen LogP contribution < -0.4 is 9.47 Å². The molecule has 2 unspecified atom stereocenters. The van der Waals surface area contributed by atoms with Crippen LogP contribution >= 0.6 is 11.3 Å². The molecule has 2 bridgehead atoms. The third-order valence-corrected chi connectivity index (χ3v) is 8.62. The fraction of sp³-hybridized carbons (Fsp3) is 0.407. The van der Waals surface area contributed by atoms with Gasteiger partial charge in [0.1, 0.15) is 29.8 Å². The summed E-state index contributed by atoms with van der Waals surface area (Å²) in [5, 5.41) is 13.0. The maximum Gasteiger partial charge on any atom is 0.137 e. The van der Waals surface area contributed by atoms with Gasteiger partial charge in [0.25, 0.3) is 0 Å². The summed E-state index contributed by atoms with van der Waals surface area (Å²) in [4.78, 5) is 4.01. The van der Waals surface area contributed by atoms with Crippen molar-refractivity contribution < 1.29 is 19.0 Å². The van der Waals surface area contributed by atoms with Gasteiger partial charge in [-0.25, -0.2) is 0 Å². The van der Waals surface area contributed by atoms with Crippen LogP contribution in [0.15, 0.2) is 59.2 Å². The van der Waals surface area contributed by atoms with Gasteiger partial charge < -0.3 is 19.0 Å². The SMILES string of the molecule is COc1cccc2sc(C3CC4CCC(C3)N4C[C@H](O)COc3cccc4occc34)cc12. The summed E-state index contributed by atoms with van der Waals surface area (Å²) in [5.74, 6) is 2.32. The van der Waals surface area contributed by atoms with Crippen LogP contribution in [-0.4, -0.2) is 48.5 Å². The normalized spacial score (nSPS) is 23.9. The second-order valence-electron chi connectivity index (χ2n) is 9.32. The van der Waals surface area contributed by atoms with Crippen molar-refractivity contribution in [3.8, 4) is 11.5 Å². The van der Waals surface area contributed by atoms with Crippen molar-refractivity contribution in [1.82, 2.24) is 4.90 Å². The molecule has 6 rings (SSSR count). The van der Waals surface area contributed by atoms with Gasteiger partial charge in [-0.3, -0.25) is 4.90 Å². The van der Waals surface area contributed by atoms with E-state index in [0.717, 1.165) is 35.3 Å². The number of furan rings is 1. The Labute approximate surface area is 197 Å². The number of thiophene rings is 1. The summed E-state index contributed by atoms with van der Waals surface area (Å²) in [6.07, 6.45) is 5.92. The summed E-state index contributed by atoms with van der Waals surface area (Å²) < 4.78 is 18.3. The Morgan fingerprint density at radius 2 is 1.85 bits per heavy atom. The molecule has 2 aliphatic rings. The maximum atomic E-state index is 10.8. The number of rotatable bonds is 7. The Morgan fingerprint density at radius 1 is 1.06 bits per heavy atom. The number of benzene rings is 2. The maximum absolute atomic E-state index is 10.8. The van der Waals surface area contributed by atoms with Crippen LogP contribution in [0.3, 0.4) is 0 Å². The van der Waals surface area contributed by atoms with Gasteiger partial charge in [0.05, 0.1) is 18.8 Å². The number of piperidine rings is 1. The van der Waals surface area contributed by atoms with Gasteiger partial charge in [0.2, 0.25) is 0 Å². The van der Waals surface area contributed by atoms with Crippen LogP contribution in [0.25, 0.3) is 21.1 Å². The van der Waals surface area contributed by atoms with Gasteiger partial charge in [-0.05, 0) is 68.0 Å². The first kappa shape index (κ1) is 21.0. The first-order valence-electron chi connectivity index (χ1n) is 11.8. The Bertz CT molecular complexity index is 1250. The Hall–Kier alpha value is -2.54. The van der Waals surface area contributed by atoms with Crippen molar-refractivity contribution >= 4 is 32.4 Å². The Kier molecular flexibility index (Phi) is 5.52. The van der Waals surface area contributed by atoms with E-state index < -0.39 is 6.10 Å². The van der Waals surface area contributed by atoms with Crippen molar-refractivity contribution in [3.05, 3.63) is 59.7 Å². The number of aliphatic hydroxyl groups excluding tert-OH is 1. The number of aliphatic hydroxyl groups is 1. The van der Waals surface area contributed by atoms with Crippen molar-refractivity contribution in [3.63, 3.8) is 0 Å². The second kappa shape index (κ2) is 8.67. The Balaban J connectivity index is 1.10. The number of methoxy groups -OCH3 is 1. The lowest BCUT2D eigenvalue weighted by Gasteiger charge is -2.39. The number of hydrogen-bond acceptors (Lipinski definition) is 6. The van der Waals surface area contributed by atoms with Crippen LogP contribution in [0, 0.1) is 0 Å². The van der Waals surface area contributed by atoms with E-state index in [4.69, 9.17) is 13.9 Å². The van der Waals surface area contributed by atoms with E-state index in [1.54, 1.807) is 13.4 Å². The standard InChI is InChI=1S/C27H29NO4S/c1-30-23-4-3-7-26-22(23)14-27(33-26)17-12-18-8-9-19(13-17)28(18)15-20(29)16-32-25-6-2-5-24-21(25)10-11-31-24/h2-7,10-11,14,17-20,29H,8-9,12-13,15-16H2,1H3/t17?,18?,19?,20-/m0/s1. The average molecular weight is 464 g/mol.